The standard InChI is InChI=1S/C18H28O2/c1-13(2)16-10-9-14(3)11-18(16)20-12-17(19)15-7-5-4-6-8-15/h9-11,13,15,17,19H,4-8,12H2,1-3H3. The molecule has 1 atom stereocenters. The molecule has 2 rings (SSSR count). The fourth-order valence-corrected chi connectivity index (χ4v) is 3.07. The van der Waals surface area contributed by atoms with Crippen molar-refractivity contribution in [3.63, 3.8) is 0 Å². The summed E-state index contributed by atoms with van der Waals surface area (Å²) in [7, 11) is 0. The fraction of sp³-hybridized carbons (Fsp3) is 0.667. The van der Waals surface area contributed by atoms with E-state index < -0.39 is 0 Å². The third-order valence-corrected chi connectivity index (χ3v) is 4.39. The minimum atomic E-state index is -0.323. The van der Waals surface area contributed by atoms with Crippen LogP contribution in [-0.2, 0) is 0 Å². The molecule has 1 aromatic rings. The zero-order valence-corrected chi connectivity index (χ0v) is 13.1. The molecule has 112 valence electrons. The van der Waals surface area contributed by atoms with Crippen molar-refractivity contribution in [1.82, 2.24) is 0 Å². The topological polar surface area (TPSA) is 29.5 Å². The van der Waals surface area contributed by atoms with E-state index in [0.717, 1.165) is 18.6 Å². The van der Waals surface area contributed by atoms with Gasteiger partial charge in [0.1, 0.15) is 12.4 Å². The number of rotatable bonds is 5. The molecule has 0 heterocycles. The first-order valence-electron chi connectivity index (χ1n) is 7.99. The highest BCUT2D eigenvalue weighted by atomic mass is 16.5. The van der Waals surface area contributed by atoms with Gasteiger partial charge in [-0.15, -0.1) is 0 Å². The highest BCUT2D eigenvalue weighted by Crippen LogP contribution is 2.30. The molecule has 1 aliphatic carbocycles. The van der Waals surface area contributed by atoms with Gasteiger partial charge in [-0.2, -0.15) is 0 Å². The Balaban J connectivity index is 1.97. The number of aliphatic hydroxyl groups is 1. The molecule has 0 radical (unpaired) electrons. The van der Waals surface area contributed by atoms with Crippen LogP contribution in [0.5, 0.6) is 5.75 Å². The molecule has 0 spiro atoms. The fourth-order valence-electron chi connectivity index (χ4n) is 3.07. The maximum Gasteiger partial charge on any atom is 0.123 e. The highest BCUT2D eigenvalue weighted by molar-refractivity contribution is 5.39. The van der Waals surface area contributed by atoms with E-state index in [1.807, 2.05) is 0 Å². The third kappa shape index (κ3) is 3.99. The normalized spacial score (nSPS) is 18.2. The lowest BCUT2D eigenvalue weighted by molar-refractivity contribution is 0.0409. The maximum absolute atomic E-state index is 10.3. The van der Waals surface area contributed by atoms with Gasteiger partial charge in [0.2, 0.25) is 0 Å². The summed E-state index contributed by atoms with van der Waals surface area (Å²) in [5.74, 6) is 1.81. The number of benzene rings is 1. The molecule has 0 bridgehead atoms. The molecule has 1 fully saturated rings. The molecule has 0 saturated heterocycles. The summed E-state index contributed by atoms with van der Waals surface area (Å²) >= 11 is 0. The van der Waals surface area contributed by atoms with Crippen LogP contribution in [0.25, 0.3) is 0 Å². The maximum atomic E-state index is 10.3. The lowest BCUT2D eigenvalue weighted by atomic mass is 9.85. The van der Waals surface area contributed by atoms with Gasteiger partial charge >= 0.3 is 0 Å². The van der Waals surface area contributed by atoms with E-state index in [-0.39, 0.29) is 6.10 Å². The monoisotopic (exact) mass is 276 g/mol. The summed E-state index contributed by atoms with van der Waals surface area (Å²) in [4.78, 5) is 0. The molecule has 1 unspecified atom stereocenters. The van der Waals surface area contributed by atoms with Gasteiger partial charge in [-0.25, -0.2) is 0 Å². The third-order valence-electron chi connectivity index (χ3n) is 4.39. The molecule has 2 nitrogen and oxygen atoms in total. The van der Waals surface area contributed by atoms with Crippen molar-refractivity contribution in [2.75, 3.05) is 6.61 Å². The van der Waals surface area contributed by atoms with Crippen LogP contribution in [-0.4, -0.2) is 17.8 Å². The smallest absolute Gasteiger partial charge is 0.123 e. The minimum absolute atomic E-state index is 0.323. The predicted octanol–water partition coefficient (Wildman–Crippen LogP) is 4.44. The van der Waals surface area contributed by atoms with Gasteiger partial charge in [0.05, 0.1) is 6.10 Å². The number of aliphatic hydroxyl groups excluding tert-OH is 1. The Bertz CT molecular complexity index is 419. The Morgan fingerprint density at radius 2 is 1.90 bits per heavy atom. The predicted molar refractivity (Wildman–Crippen MR) is 83.3 cm³/mol. The molecule has 0 aromatic heterocycles. The van der Waals surface area contributed by atoms with E-state index in [4.69, 9.17) is 4.74 Å². The van der Waals surface area contributed by atoms with E-state index >= 15 is 0 Å². The van der Waals surface area contributed by atoms with Crippen molar-refractivity contribution in [3.8, 4) is 5.75 Å². The number of aryl methyl sites for hydroxylation is 1. The first-order valence-corrected chi connectivity index (χ1v) is 7.99. The van der Waals surface area contributed by atoms with Gasteiger partial charge < -0.3 is 9.84 Å². The van der Waals surface area contributed by atoms with Crippen molar-refractivity contribution in [2.45, 2.75) is 64.9 Å². The molecule has 0 aliphatic heterocycles. The van der Waals surface area contributed by atoms with Crippen LogP contribution < -0.4 is 4.74 Å². The van der Waals surface area contributed by atoms with E-state index in [1.165, 1.54) is 30.4 Å². The lowest BCUT2D eigenvalue weighted by Gasteiger charge is -2.27. The van der Waals surface area contributed by atoms with E-state index in [1.54, 1.807) is 0 Å². The number of hydrogen-bond acceptors (Lipinski definition) is 2. The SMILES string of the molecule is Cc1ccc(C(C)C)c(OCC(O)C2CCCCC2)c1. The van der Waals surface area contributed by atoms with Gasteiger partial charge in [-0.1, -0.05) is 45.2 Å². The Morgan fingerprint density at radius 1 is 1.20 bits per heavy atom. The van der Waals surface area contributed by atoms with E-state index in [2.05, 4.69) is 39.0 Å². The molecule has 1 N–H and O–H groups in total. The average molecular weight is 276 g/mol. The Labute approximate surface area is 123 Å². The van der Waals surface area contributed by atoms with Crippen molar-refractivity contribution >= 4 is 0 Å². The molecule has 2 heteroatoms. The number of ether oxygens (including phenoxy) is 1. The van der Waals surface area contributed by atoms with Crippen LogP contribution in [0.3, 0.4) is 0 Å². The van der Waals surface area contributed by atoms with Crippen molar-refractivity contribution in [3.05, 3.63) is 29.3 Å². The van der Waals surface area contributed by atoms with Crippen LogP contribution in [0.4, 0.5) is 0 Å². The first kappa shape index (κ1) is 15.4. The Hall–Kier alpha value is -1.02. The zero-order chi connectivity index (χ0) is 14.5. The molecular formula is C18H28O2. The van der Waals surface area contributed by atoms with Gasteiger partial charge in [0.25, 0.3) is 0 Å². The summed E-state index contributed by atoms with van der Waals surface area (Å²) < 4.78 is 5.94. The van der Waals surface area contributed by atoms with Crippen molar-refractivity contribution in [1.29, 1.82) is 0 Å². The molecule has 1 saturated carbocycles. The van der Waals surface area contributed by atoms with Gasteiger partial charge in [-0.3, -0.25) is 0 Å². The van der Waals surface area contributed by atoms with Crippen LogP contribution in [0.1, 0.15) is 63.0 Å². The molecule has 1 aromatic carbocycles. The summed E-state index contributed by atoms with van der Waals surface area (Å²) in [5.41, 5.74) is 2.43. The van der Waals surface area contributed by atoms with Crippen LogP contribution in [0.2, 0.25) is 0 Å². The summed E-state index contributed by atoms with van der Waals surface area (Å²) in [6, 6.07) is 6.35. The van der Waals surface area contributed by atoms with E-state index in [0.29, 0.717) is 18.4 Å². The van der Waals surface area contributed by atoms with Crippen molar-refractivity contribution < 1.29 is 9.84 Å². The second kappa shape index (κ2) is 7.12. The highest BCUT2D eigenvalue weighted by Gasteiger charge is 2.22. The van der Waals surface area contributed by atoms with Gasteiger partial charge in [0.15, 0.2) is 0 Å². The summed E-state index contributed by atoms with van der Waals surface area (Å²) in [5, 5.41) is 10.3. The lowest BCUT2D eigenvalue weighted by Crippen LogP contribution is -2.29. The molecule has 0 amide bonds. The molecule has 20 heavy (non-hydrogen) atoms. The molecule has 1 aliphatic rings. The number of hydrogen-bond donors (Lipinski definition) is 1. The average Bonchev–Trinajstić information content (AvgIpc) is 2.45. The second-order valence-corrected chi connectivity index (χ2v) is 6.47. The Morgan fingerprint density at radius 3 is 2.55 bits per heavy atom. The summed E-state index contributed by atoms with van der Waals surface area (Å²) in [6.45, 7) is 6.85. The van der Waals surface area contributed by atoms with E-state index in [9.17, 15) is 5.11 Å². The quantitative estimate of drug-likeness (QED) is 0.861. The van der Waals surface area contributed by atoms with Crippen LogP contribution in [0, 0.1) is 12.8 Å². The van der Waals surface area contributed by atoms with Crippen LogP contribution in [0.15, 0.2) is 18.2 Å². The van der Waals surface area contributed by atoms with Crippen LogP contribution >= 0.6 is 0 Å². The van der Waals surface area contributed by atoms with Crippen molar-refractivity contribution in [2.24, 2.45) is 5.92 Å². The molecular weight excluding hydrogens is 248 g/mol. The minimum Gasteiger partial charge on any atom is -0.491 e. The largest absolute Gasteiger partial charge is 0.491 e. The van der Waals surface area contributed by atoms with Gasteiger partial charge in [-0.05, 0) is 48.8 Å². The first-order chi connectivity index (χ1) is 9.58. The second-order valence-electron chi connectivity index (χ2n) is 6.47. The Kier molecular flexibility index (Phi) is 5.47. The zero-order valence-electron chi connectivity index (χ0n) is 13.1. The van der Waals surface area contributed by atoms with Gasteiger partial charge in [0, 0.05) is 0 Å². The summed E-state index contributed by atoms with van der Waals surface area (Å²) in [6.07, 6.45) is 5.80.